The SMILES string of the molecule is COC(=O)C1CCN(C(=O)[C@H](C)Oc2ccc(F)cc2)CC1. The van der Waals surface area contributed by atoms with Crippen molar-refractivity contribution in [2.45, 2.75) is 25.9 Å². The molecule has 0 aliphatic carbocycles. The second-order valence-electron chi connectivity index (χ2n) is 5.34. The number of piperidine rings is 1. The molecule has 5 nitrogen and oxygen atoms in total. The lowest BCUT2D eigenvalue weighted by Gasteiger charge is -2.32. The van der Waals surface area contributed by atoms with Crippen molar-refractivity contribution in [3.05, 3.63) is 30.1 Å². The quantitative estimate of drug-likeness (QED) is 0.798. The van der Waals surface area contributed by atoms with Gasteiger partial charge in [-0.2, -0.15) is 0 Å². The number of carbonyl (C=O) groups is 2. The zero-order chi connectivity index (χ0) is 16.1. The Balaban J connectivity index is 1.86. The van der Waals surface area contributed by atoms with E-state index in [1.165, 1.54) is 31.4 Å². The van der Waals surface area contributed by atoms with Crippen LogP contribution in [0.3, 0.4) is 0 Å². The molecule has 0 unspecified atom stereocenters. The van der Waals surface area contributed by atoms with Crippen LogP contribution in [0.15, 0.2) is 24.3 Å². The number of amides is 1. The maximum Gasteiger partial charge on any atom is 0.308 e. The van der Waals surface area contributed by atoms with Gasteiger partial charge in [0.05, 0.1) is 13.0 Å². The minimum Gasteiger partial charge on any atom is -0.481 e. The minimum atomic E-state index is -0.653. The predicted octanol–water partition coefficient (Wildman–Crippen LogP) is 2.00. The molecule has 2 rings (SSSR count). The summed E-state index contributed by atoms with van der Waals surface area (Å²) in [5, 5.41) is 0. The molecule has 1 saturated heterocycles. The first kappa shape index (κ1) is 16.3. The van der Waals surface area contributed by atoms with Crippen LogP contribution in [-0.2, 0) is 14.3 Å². The highest BCUT2D eigenvalue weighted by Gasteiger charge is 2.30. The van der Waals surface area contributed by atoms with Crippen LogP contribution in [0.5, 0.6) is 5.75 Å². The molecular formula is C16H20FNO4. The normalized spacial score (nSPS) is 17.0. The Bertz CT molecular complexity index is 523. The average molecular weight is 309 g/mol. The highest BCUT2D eigenvalue weighted by molar-refractivity contribution is 5.81. The maximum atomic E-state index is 12.8. The Morgan fingerprint density at radius 3 is 2.36 bits per heavy atom. The molecule has 1 aliphatic heterocycles. The van der Waals surface area contributed by atoms with Crippen LogP contribution in [0.2, 0.25) is 0 Å². The number of nitrogens with zero attached hydrogens (tertiary/aromatic N) is 1. The number of halogens is 1. The van der Waals surface area contributed by atoms with Crippen molar-refractivity contribution in [1.82, 2.24) is 4.90 Å². The molecule has 0 spiro atoms. The Morgan fingerprint density at radius 2 is 1.82 bits per heavy atom. The van der Waals surface area contributed by atoms with Gasteiger partial charge in [0.2, 0.25) is 0 Å². The van der Waals surface area contributed by atoms with E-state index in [0.717, 1.165) is 0 Å². The molecule has 1 aliphatic rings. The first-order valence-electron chi connectivity index (χ1n) is 7.30. The summed E-state index contributed by atoms with van der Waals surface area (Å²) in [7, 11) is 1.37. The van der Waals surface area contributed by atoms with Gasteiger partial charge in [-0.25, -0.2) is 4.39 Å². The molecule has 22 heavy (non-hydrogen) atoms. The van der Waals surface area contributed by atoms with Crippen molar-refractivity contribution in [1.29, 1.82) is 0 Å². The highest BCUT2D eigenvalue weighted by atomic mass is 19.1. The van der Waals surface area contributed by atoms with Gasteiger partial charge in [0, 0.05) is 13.1 Å². The van der Waals surface area contributed by atoms with Gasteiger partial charge in [-0.1, -0.05) is 0 Å². The number of hydrogen-bond donors (Lipinski definition) is 0. The molecule has 6 heteroatoms. The fraction of sp³-hybridized carbons (Fsp3) is 0.500. The van der Waals surface area contributed by atoms with E-state index in [2.05, 4.69) is 0 Å². The van der Waals surface area contributed by atoms with Crippen LogP contribution < -0.4 is 4.74 Å². The fourth-order valence-corrected chi connectivity index (χ4v) is 2.53. The van der Waals surface area contributed by atoms with E-state index in [1.807, 2.05) is 0 Å². The summed E-state index contributed by atoms with van der Waals surface area (Å²) in [4.78, 5) is 25.5. The second kappa shape index (κ2) is 7.24. The maximum absolute atomic E-state index is 12.8. The van der Waals surface area contributed by atoms with Crippen LogP contribution in [0.1, 0.15) is 19.8 Å². The molecule has 1 aromatic carbocycles. The Hall–Kier alpha value is -2.11. The summed E-state index contributed by atoms with van der Waals surface area (Å²) in [6.07, 6.45) is 0.545. The van der Waals surface area contributed by atoms with E-state index in [-0.39, 0.29) is 23.6 Å². The average Bonchev–Trinajstić information content (AvgIpc) is 2.55. The molecule has 0 radical (unpaired) electrons. The van der Waals surface area contributed by atoms with Crippen molar-refractivity contribution in [2.75, 3.05) is 20.2 Å². The van der Waals surface area contributed by atoms with Crippen LogP contribution in [0, 0.1) is 11.7 Å². The van der Waals surface area contributed by atoms with Crippen molar-refractivity contribution < 1.29 is 23.5 Å². The number of likely N-dealkylation sites (tertiary alicyclic amines) is 1. The molecule has 120 valence electrons. The Morgan fingerprint density at radius 1 is 1.23 bits per heavy atom. The molecule has 0 bridgehead atoms. The summed E-state index contributed by atoms with van der Waals surface area (Å²) in [5.41, 5.74) is 0. The van der Waals surface area contributed by atoms with Gasteiger partial charge in [-0.05, 0) is 44.0 Å². The van der Waals surface area contributed by atoms with Crippen LogP contribution in [0.25, 0.3) is 0 Å². The van der Waals surface area contributed by atoms with Gasteiger partial charge in [-0.3, -0.25) is 9.59 Å². The third kappa shape index (κ3) is 3.96. The standard InChI is InChI=1S/C16H20FNO4/c1-11(22-14-5-3-13(17)4-6-14)15(19)18-9-7-12(8-10-18)16(20)21-2/h3-6,11-12H,7-10H2,1-2H3/t11-/m0/s1. The number of hydrogen-bond acceptors (Lipinski definition) is 4. The molecule has 1 atom stereocenters. The zero-order valence-corrected chi connectivity index (χ0v) is 12.8. The van der Waals surface area contributed by atoms with Crippen LogP contribution in [0.4, 0.5) is 4.39 Å². The number of methoxy groups -OCH3 is 1. The summed E-state index contributed by atoms with van der Waals surface area (Å²) < 4.78 is 23.1. The topological polar surface area (TPSA) is 55.8 Å². The lowest BCUT2D eigenvalue weighted by molar-refractivity contribution is -0.150. The van der Waals surface area contributed by atoms with E-state index in [9.17, 15) is 14.0 Å². The summed E-state index contributed by atoms with van der Waals surface area (Å²) in [6.45, 7) is 2.68. The molecule has 1 heterocycles. The summed E-state index contributed by atoms with van der Waals surface area (Å²) in [6, 6.07) is 5.55. The fourth-order valence-electron chi connectivity index (χ4n) is 2.53. The minimum absolute atomic E-state index is 0.132. The monoisotopic (exact) mass is 309 g/mol. The smallest absolute Gasteiger partial charge is 0.308 e. The molecule has 1 fully saturated rings. The van der Waals surface area contributed by atoms with Gasteiger partial charge in [0.1, 0.15) is 11.6 Å². The molecule has 0 aromatic heterocycles. The van der Waals surface area contributed by atoms with Crippen LogP contribution >= 0.6 is 0 Å². The van der Waals surface area contributed by atoms with E-state index >= 15 is 0 Å². The Labute approximate surface area is 129 Å². The summed E-state index contributed by atoms with van der Waals surface area (Å²) >= 11 is 0. The largest absolute Gasteiger partial charge is 0.481 e. The van der Waals surface area contributed by atoms with Gasteiger partial charge < -0.3 is 14.4 Å². The first-order chi connectivity index (χ1) is 10.5. The molecule has 1 amide bonds. The van der Waals surface area contributed by atoms with Crippen molar-refractivity contribution in [3.8, 4) is 5.75 Å². The third-order valence-corrected chi connectivity index (χ3v) is 3.82. The number of esters is 1. The first-order valence-corrected chi connectivity index (χ1v) is 7.30. The van der Waals surface area contributed by atoms with E-state index in [4.69, 9.17) is 9.47 Å². The van der Waals surface area contributed by atoms with Crippen molar-refractivity contribution in [3.63, 3.8) is 0 Å². The molecular weight excluding hydrogens is 289 g/mol. The van der Waals surface area contributed by atoms with Gasteiger partial charge >= 0.3 is 5.97 Å². The third-order valence-electron chi connectivity index (χ3n) is 3.82. The Kier molecular flexibility index (Phi) is 5.35. The highest BCUT2D eigenvalue weighted by Crippen LogP contribution is 2.20. The molecule has 0 N–H and O–H groups in total. The van der Waals surface area contributed by atoms with E-state index in [1.54, 1.807) is 11.8 Å². The number of rotatable bonds is 4. The zero-order valence-electron chi connectivity index (χ0n) is 12.8. The van der Waals surface area contributed by atoms with E-state index in [0.29, 0.717) is 31.7 Å². The lowest BCUT2D eigenvalue weighted by atomic mass is 9.97. The summed E-state index contributed by atoms with van der Waals surface area (Å²) in [5.74, 6) is -0.388. The second-order valence-corrected chi connectivity index (χ2v) is 5.34. The van der Waals surface area contributed by atoms with Gasteiger partial charge in [0.15, 0.2) is 6.10 Å². The predicted molar refractivity (Wildman–Crippen MR) is 77.8 cm³/mol. The van der Waals surface area contributed by atoms with Crippen LogP contribution in [-0.4, -0.2) is 43.1 Å². The van der Waals surface area contributed by atoms with Crippen molar-refractivity contribution >= 4 is 11.9 Å². The number of carbonyl (C=O) groups excluding carboxylic acids is 2. The molecule has 1 aromatic rings. The van der Waals surface area contributed by atoms with Gasteiger partial charge in [0.25, 0.3) is 5.91 Å². The van der Waals surface area contributed by atoms with Crippen molar-refractivity contribution in [2.24, 2.45) is 5.92 Å². The number of benzene rings is 1. The number of ether oxygens (including phenoxy) is 2. The van der Waals surface area contributed by atoms with E-state index < -0.39 is 6.10 Å². The molecule has 0 saturated carbocycles. The van der Waals surface area contributed by atoms with Gasteiger partial charge in [-0.15, -0.1) is 0 Å². The lowest BCUT2D eigenvalue weighted by Crippen LogP contribution is -2.45.